The Morgan fingerprint density at radius 3 is 2.72 bits per heavy atom. The lowest BCUT2D eigenvalue weighted by atomic mass is 10.0. The van der Waals surface area contributed by atoms with Crippen molar-refractivity contribution in [2.75, 3.05) is 0 Å². The Morgan fingerprint density at radius 1 is 1.28 bits per heavy atom. The first kappa shape index (κ1) is 21.2. The topological polar surface area (TPSA) is 52.6 Å². The van der Waals surface area contributed by atoms with E-state index < -0.39 is 0 Å². The first-order valence-corrected chi connectivity index (χ1v) is 9.28. The lowest BCUT2D eigenvalue weighted by Crippen LogP contribution is -2.24. The zero-order chi connectivity index (χ0) is 18.7. The van der Waals surface area contributed by atoms with Gasteiger partial charge in [-0.15, -0.1) is 0 Å². The summed E-state index contributed by atoms with van der Waals surface area (Å²) in [5, 5.41) is 0. The molecule has 0 bridgehead atoms. The summed E-state index contributed by atoms with van der Waals surface area (Å²) in [6.07, 6.45) is 13.2. The molecule has 0 fully saturated rings. The van der Waals surface area contributed by atoms with Gasteiger partial charge in [-0.1, -0.05) is 43.7 Å². The lowest BCUT2D eigenvalue weighted by Gasteiger charge is -2.21. The molecular weight excluding hydrogens is 316 g/mol. The number of hydrogen-bond donors (Lipinski definition) is 0. The summed E-state index contributed by atoms with van der Waals surface area (Å²) in [5.74, 6) is -0.191. The summed E-state index contributed by atoms with van der Waals surface area (Å²) >= 11 is 0. The molecule has 4 heteroatoms. The number of carbonyl (C=O) groups is 2. The quantitative estimate of drug-likeness (QED) is 0.314. The van der Waals surface area contributed by atoms with E-state index >= 15 is 0 Å². The Morgan fingerprint density at radius 2 is 2.04 bits per heavy atom. The fourth-order valence-corrected chi connectivity index (χ4v) is 2.55. The van der Waals surface area contributed by atoms with E-state index in [0.29, 0.717) is 25.2 Å². The number of cyclic esters (lactones) is 1. The van der Waals surface area contributed by atoms with Crippen LogP contribution in [0.3, 0.4) is 0 Å². The zero-order valence-corrected chi connectivity index (χ0v) is 16.0. The Labute approximate surface area is 152 Å². The third-order valence-electron chi connectivity index (χ3n) is 4.34. The van der Waals surface area contributed by atoms with Crippen molar-refractivity contribution in [1.82, 2.24) is 0 Å². The van der Waals surface area contributed by atoms with Gasteiger partial charge in [0.25, 0.3) is 0 Å². The molecule has 0 N–H and O–H groups in total. The minimum Gasteiger partial charge on any atom is -0.462 e. The van der Waals surface area contributed by atoms with Crippen molar-refractivity contribution >= 4 is 11.9 Å². The number of esters is 2. The van der Waals surface area contributed by atoms with Crippen LogP contribution in [0, 0.1) is 5.92 Å². The van der Waals surface area contributed by atoms with Crippen LogP contribution in [0.15, 0.2) is 36.0 Å². The SMILES string of the molecule is C/C=C(C)/C=C/C(=O)OC1CC/C=C/CC(C(C)C)OC(=O)CCC1. The van der Waals surface area contributed by atoms with Crippen molar-refractivity contribution in [2.45, 2.75) is 78.4 Å². The lowest BCUT2D eigenvalue weighted by molar-refractivity contribution is -0.151. The molecule has 0 aromatic rings. The van der Waals surface area contributed by atoms with E-state index in [-0.39, 0.29) is 24.1 Å². The average Bonchev–Trinajstić information content (AvgIpc) is 2.56. The van der Waals surface area contributed by atoms with Gasteiger partial charge in [0.05, 0.1) is 0 Å². The van der Waals surface area contributed by atoms with Crippen molar-refractivity contribution in [3.63, 3.8) is 0 Å². The number of rotatable bonds is 4. The van der Waals surface area contributed by atoms with Crippen LogP contribution in [0.4, 0.5) is 0 Å². The fraction of sp³-hybridized carbons (Fsp3) is 0.619. The summed E-state index contributed by atoms with van der Waals surface area (Å²) in [5.41, 5.74) is 1.01. The molecule has 4 nitrogen and oxygen atoms in total. The number of allylic oxidation sites excluding steroid dienone is 4. The van der Waals surface area contributed by atoms with Gasteiger partial charge in [0.1, 0.15) is 12.2 Å². The van der Waals surface area contributed by atoms with Gasteiger partial charge < -0.3 is 9.47 Å². The summed E-state index contributed by atoms with van der Waals surface area (Å²) in [6, 6.07) is 0. The van der Waals surface area contributed by atoms with E-state index in [0.717, 1.165) is 24.8 Å². The van der Waals surface area contributed by atoms with Gasteiger partial charge in [-0.05, 0) is 45.4 Å². The van der Waals surface area contributed by atoms with E-state index in [1.807, 2.05) is 19.9 Å². The second kappa shape index (κ2) is 11.7. The van der Waals surface area contributed by atoms with E-state index in [1.165, 1.54) is 6.08 Å². The molecule has 25 heavy (non-hydrogen) atoms. The normalized spacial score (nSPS) is 25.2. The minimum absolute atomic E-state index is 0.0585. The smallest absolute Gasteiger partial charge is 0.331 e. The highest BCUT2D eigenvalue weighted by molar-refractivity contribution is 5.82. The van der Waals surface area contributed by atoms with Gasteiger partial charge >= 0.3 is 11.9 Å². The molecule has 0 aromatic carbocycles. The first-order chi connectivity index (χ1) is 11.9. The molecule has 0 saturated carbocycles. The molecule has 0 aromatic heterocycles. The van der Waals surface area contributed by atoms with E-state index in [9.17, 15) is 9.59 Å². The maximum atomic E-state index is 12.0. The van der Waals surface area contributed by atoms with Crippen molar-refractivity contribution < 1.29 is 19.1 Å². The van der Waals surface area contributed by atoms with Gasteiger partial charge in [-0.3, -0.25) is 4.79 Å². The van der Waals surface area contributed by atoms with Crippen LogP contribution in [0.1, 0.15) is 66.2 Å². The Kier molecular flexibility index (Phi) is 9.90. The molecule has 2 unspecified atom stereocenters. The van der Waals surface area contributed by atoms with Crippen LogP contribution in [0.5, 0.6) is 0 Å². The van der Waals surface area contributed by atoms with Gasteiger partial charge in [0.15, 0.2) is 0 Å². The molecule has 0 amide bonds. The standard InChI is InChI=1S/C21H32O4/c1-5-17(4)14-15-21(23)24-18-10-7-6-8-12-19(16(2)3)25-20(22)13-9-11-18/h5-6,8,14-16,18-19H,7,9-13H2,1-4H3/b8-6+,15-14+,17-5+. The second-order valence-electron chi connectivity index (χ2n) is 6.87. The predicted molar refractivity (Wildman–Crippen MR) is 100 cm³/mol. The van der Waals surface area contributed by atoms with Gasteiger partial charge in [-0.25, -0.2) is 4.79 Å². The Hall–Kier alpha value is -1.84. The fourth-order valence-electron chi connectivity index (χ4n) is 2.55. The molecule has 0 aliphatic carbocycles. The predicted octanol–water partition coefficient (Wildman–Crippen LogP) is 4.90. The third-order valence-corrected chi connectivity index (χ3v) is 4.34. The highest BCUT2D eigenvalue weighted by atomic mass is 16.5. The van der Waals surface area contributed by atoms with Gasteiger partial charge in [-0.2, -0.15) is 0 Å². The molecule has 1 heterocycles. The monoisotopic (exact) mass is 348 g/mol. The molecular formula is C21H32O4. The van der Waals surface area contributed by atoms with Crippen molar-refractivity contribution in [1.29, 1.82) is 0 Å². The van der Waals surface area contributed by atoms with Crippen molar-refractivity contribution in [2.24, 2.45) is 5.92 Å². The molecule has 1 aliphatic rings. The van der Waals surface area contributed by atoms with Crippen molar-refractivity contribution in [3.05, 3.63) is 36.0 Å². The molecule has 0 saturated heterocycles. The number of hydrogen-bond acceptors (Lipinski definition) is 4. The molecule has 0 radical (unpaired) electrons. The summed E-state index contributed by atoms with van der Waals surface area (Å²) < 4.78 is 11.1. The number of ether oxygens (including phenoxy) is 2. The van der Waals surface area contributed by atoms with Crippen LogP contribution in [-0.4, -0.2) is 24.1 Å². The third kappa shape index (κ3) is 9.28. The second-order valence-corrected chi connectivity index (χ2v) is 6.87. The molecule has 2 atom stereocenters. The Bertz CT molecular complexity index is 514. The maximum Gasteiger partial charge on any atom is 0.331 e. The van der Waals surface area contributed by atoms with E-state index in [4.69, 9.17) is 9.47 Å². The highest BCUT2D eigenvalue weighted by Crippen LogP contribution is 2.18. The molecule has 1 rings (SSSR count). The van der Waals surface area contributed by atoms with Crippen LogP contribution in [-0.2, 0) is 19.1 Å². The summed E-state index contributed by atoms with van der Waals surface area (Å²) in [4.78, 5) is 23.9. The zero-order valence-electron chi connectivity index (χ0n) is 16.0. The van der Waals surface area contributed by atoms with E-state index in [2.05, 4.69) is 26.0 Å². The maximum absolute atomic E-state index is 12.0. The molecule has 0 spiro atoms. The molecule has 140 valence electrons. The van der Waals surface area contributed by atoms with Crippen LogP contribution in [0.2, 0.25) is 0 Å². The Balaban J connectivity index is 2.62. The highest BCUT2D eigenvalue weighted by Gasteiger charge is 2.19. The largest absolute Gasteiger partial charge is 0.462 e. The average molecular weight is 348 g/mol. The van der Waals surface area contributed by atoms with Gasteiger partial charge in [0.2, 0.25) is 0 Å². The van der Waals surface area contributed by atoms with Crippen LogP contribution >= 0.6 is 0 Å². The van der Waals surface area contributed by atoms with Crippen LogP contribution in [0.25, 0.3) is 0 Å². The summed E-state index contributed by atoms with van der Waals surface area (Å²) in [7, 11) is 0. The first-order valence-electron chi connectivity index (χ1n) is 9.28. The molecule has 1 aliphatic heterocycles. The number of carbonyl (C=O) groups excluding carboxylic acids is 2. The van der Waals surface area contributed by atoms with E-state index in [1.54, 1.807) is 6.08 Å². The van der Waals surface area contributed by atoms with Gasteiger partial charge in [0, 0.05) is 18.9 Å². The summed E-state index contributed by atoms with van der Waals surface area (Å²) in [6.45, 7) is 7.99. The van der Waals surface area contributed by atoms with Crippen LogP contribution < -0.4 is 0 Å². The minimum atomic E-state index is -0.329. The van der Waals surface area contributed by atoms with Crippen molar-refractivity contribution in [3.8, 4) is 0 Å².